The zero-order valence-corrected chi connectivity index (χ0v) is 19.7. The lowest BCUT2D eigenvalue weighted by Gasteiger charge is -2.41. The fourth-order valence-electron chi connectivity index (χ4n) is 5.06. The monoisotopic (exact) mass is 470 g/mol. The molecule has 1 atom stereocenters. The van der Waals surface area contributed by atoms with Crippen LogP contribution in [-0.4, -0.2) is 48.1 Å². The summed E-state index contributed by atoms with van der Waals surface area (Å²) in [6.45, 7) is 4.69. The Bertz CT molecular complexity index is 1290. The van der Waals surface area contributed by atoms with Crippen molar-refractivity contribution in [3.8, 4) is 17.3 Å². The lowest BCUT2D eigenvalue weighted by molar-refractivity contribution is -0.132. The number of rotatable bonds is 4. The molecule has 0 bridgehead atoms. The van der Waals surface area contributed by atoms with Crippen molar-refractivity contribution in [2.45, 2.75) is 32.4 Å². The molecule has 178 valence electrons. The van der Waals surface area contributed by atoms with Crippen molar-refractivity contribution in [1.82, 2.24) is 9.88 Å². The molecule has 2 aromatic carbocycles. The minimum Gasteiger partial charge on any atom is -0.376 e. The number of halogens is 1. The van der Waals surface area contributed by atoms with Crippen molar-refractivity contribution in [1.29, 1.82) is 5.26 Å². The van der Waals surface area contributed by atoms with Crippen molar-refractivity contribution in [2.24, 2.45) is 0 Å². The van der Waals surface area contributed by atoms with Gasteiger partial charge in [-0.25, -0.2) is 9.37 Å². The summed E-state index contributed by atoms with van der Waals surface area (Å²) in [5, 5.41) is 10.1. The maximum atomic E-state index is 13.5. The van der Waals surface area contributed by atoms with Gasteiger partial charge in [0, 0.05) is 36.8 Å². The van der Waals surface area contributed by atoms with E-state index in [1.807, 2.05) is 42.2 Å². The highest BCUT2D eigenvalue weighted by atomic mass is 19.1. The Morgan fingerprint density at radius 3 is 2.74 bits per heavy atom. The lowest BCUT2D eigenvalue weighted by Crippen LogP contribution is -2.55. The maximum absolute atomic E-state index is 13.5. The average Bonchev–Trinajstić information content (AvgIpc) is 2.88. The summed E-state index contributed by atoms with van der Waals surface area (Å²) in [6.07, 6.45) is 0.843. The maximum Gasteiger partial charge on any atom is 0.227 e. The van der Waals surface area contributed by atoms with Crippen LogP contribution in [-0.2, 0) is 29.0 Å². The van der Waals surface area contributed by atoms with Gasteiger partial charge in [-0.3, -0.25) is 4.79 Å². The molecule has 0 radical (unpaired) electrons. The van der Waals surface area contributed by atoms with Crippen LogP contribution in [0.15, 0.2) is 54.6 Å². The summed E-state index contributed by atoms with van der Waals surface area (Å²) in [6, 6.07) is 18.5. The SMILES string of the molecule is CC1CN(c2nc(-c3ccccc3)c3c(c2C#N)CCOC3)CCN1C(=O)Cc1cccc(F)c1. The van der Waals surface area contributed by atoms with E-state index in [0.717, 1.165) is 22.4 Å². The lowest BCUT2D eigenvalue weighted by atomic mass is 9.93. The Morgan fingerprint density at radius 2 is 2.00 bits per heavy atom. The van der Waals surface area contributed by atoms with Gasteiger partial charge in [0.1, 0.15) is 17.7 Å². The highest BCUT2D eigenvalue weighted by molar-refractivity contribution is 5.79. The molecule has 5 rings (SSSR count). The van der Waals surface area contributed by atoms with Gasteiger partial charge in [0.25, 0.3) is 0 Å². The van der Waals surface area contributed by atoms with Crippen LogP contribution in [0.5, 0.6) is 0 Å². The molecule has 3 aromatic rings. The van der Waals surface area contributed by atoms with Crippen LogP contribution < -0.4 is 4.90 Å². The van der Waals surface area contributed by atoms with E-state index in [2.05, 4.69) is 11.0 Å². The molecule has 2 aliphatic rings. The van der Waals surface area contributed by atoms with Gasteiger partial charge < -0.3 is 14.5 Å². The highest BCUT2D eigenvalue weighted by Gasteiger charge is 2.32. The summed E-state index contributed by atoms with van der Waals surface area (Å²) in [7, 11) is 0. The van der Waals surface area contributed by atoms with E-state index < -0.39 is 0 Å². The first-order chi connectivity index (χ1) is 17.0. The normalized spacial score (nSPS) is 17.6. The molecule has 1 amide bonds. The molecule has 35 heavy (non-hydrogen) atoms. The van der Waals surface area contributed by atoms with Gasteiger partial charge >= 0.3 is 0 Å². The van der Waals surface area contributed by atoms with Crippen LogP contribution >= 0.6 is 0 Å². The minimum atomic E-state index is -0.338. The molecule has 0 spiro atoms. The van der Waals surface area contributed by atoms with Gasteiger partial charge in [-0.2, -0.15) is 5.26 Å². The van der Waals surface area contributed by atoms with Gasteiger partial charge in [0.05, 0.1) is 30.9 Å². The molecule has 1 fully saturated rings. The van der Waals surface area contributed by atoms with Crippen molar-refractivity contribution < 1.29 is 13.9 Å². The number of carbonyl (C=O) groups excluding carboxylic acids is 1. The van der Waals surface area contributed by atoms with Gasteiger partial charge in [0.2, 0.25) is 5.91 Å². The van der Waals surface area contributed by atoms with Crippen LogP contribution in [0.3, 0.4) is 0 Å². The summed E-state index contributed by atoms with van der Waals surface area (Å²) < 4.78 is 19.3. The number of benzene rings is 2. The van der Waals surface area contributed by atoms with Gasteiger partial charge in [0.15, 0.2) is 0 Å². The number of carbonyl (C=O) groups is 1. The van der Waals surface area contributed by atoms with Crippen LogP contribution in [0.4, 0.5) is 10.2 Å². The van der Waals surface area contributed by atoms with Crippen LogP contribution in [0.1, 0.15) is 29.2 Å². The second-order valence-electron chi connectivity index (χ2n) is 9.09. The number of anilines is 1. The highest BCUT2D eigenvalue weighted by Crippen LogP contribution is 2.35. The van der Waals surface area contributed by atoms with Crippen molar-refractivity contribution in [3.63, 3.8) is 0 Å². The standard InChI is InChI=1S/C28H27FN4O2/c1-19-17-32(11-12-33(19)26(34)15-20-6-5-9-22(29)14-20)28-24(16-30)23-10-13-35-18-25(23)27(31-28)21-7-3-2-4-8-21/h2-9,14,19H,10-13,15,17-18H2,1H3. The van der Waals surface area contributed by atoms with E-state index >= 15 is 0 Å². The number of ether oxygens (including phenoxy) is 1. The average molecular weight is 471 g/mol. The molecule has 0 N–H and O–H groups in total. The van der Waals surface area contributed by atoms with Crippen LogP contribution in [0.25, 0.3) is 11.3 Å². The zero-order chi connectivity index (χ0) is 24.4. The van der Waals surface area contributed by atoms with Gasteiger partial charge in [-0.1, -0.05) is 42.5 Å². The van der Waals surface area contributed by atoms with E-state index in [1.54, 1.807) is 12.1 Å². The third kappa shape index (κ3) is 4.62. The van der Waals surface area contributed by atoms with Crippen molar-refractivity contribution in [3.05, 3.63) is 82.7 Å². The predicted octanol–water partition coefficient (Wildman–Crippen LogP) is 4.11. The molecule has 0 aliphatic carbocycles. The number of amides is 1. The summed E-state index contributed by atoms with van der Waals surface area (Å²) in [5.41, 5.74) is 5.13. The number of nitriles is 1. The molecular weight excluding hydrogens is 443 g/mol. The van der Waals surface area contributed by atoms with E-state index in [9.17, 15) is 14.4 Å². The number of hydrogen-bond acceptors (Lipinski definition) is 5. The van der Waals surface area contributed by atoms with E-state index in [4.69, 9.17) is 9.72 Å². The number of nitrogens with zero attached hydrogens (tertiary/aromatic N) is 4. The second kappa shape index (κ2) is 9.85. The number of fused-ring (bicyclic) bond motifs is 1. The quantitative estimate of drug-likeness (QED) is 0.574. The number of pyridine rings is 1. The Hall–Kier alpha value is -3.76. The Labute approximate surface area is 204 Å². The van der Waals surface area contributed by atoms with E-state index in [-0.39, 0.29) is 24.2 Å². The van der Waals surface area contributed by atoms with Crippen LogP contribution in [0, 0.1) is 17.1 Å². The summed E-state index contributed by atoms with van der Waals surface area (Å²) >= 11 is 0. The summed E-state index contributed by atoms with van der Waals surface area (Å²) in [4.78, 5) is 22.0. The molecule has 3 heterocycles. The molecule has 1 unspecified atom stereocenters. The molecule has 1 aromatic heterocycles. The number of piperazine rings is 1. The number of aromatic nitrogens is 1. The first-order valence-electron chi connectivity index (χ1n) is 11.9. The van der Waals surface area contributed by atoms with Crippen molar-refractivity contribution >= 4 is 11.7 Å². The fraction of sp³-hybridized carbons (Fsp3) is 0.321. The molecule has 1 saturated heterocycles. The smallest absolute Gasteiger partial charge is 0.227 e. The number of hydrogen-bond donors (Lipinski definition) is 0. The first-order valence-corrected chi connectivity index (χ1v) is 11.9. The molecule has 2 aliphatic heterocycles. The second-order valence-corrected chi connectivity index (χ2v) is 9.09. The largest absolute Gasteiger partial charge is 0.376 e. The Kier molecular flexibility index (Phi) is 6.47. The fourth-order valence-corrected chi connectivity index (χ4v) is 5.06. The third-order valence-electron chi connectivity index (χ3n) is 6.79. The zero-order valence-electron chi connectivity index (χ0n) is 19.7. The van der Waals surface area contributed by atoms with Gasteiger partial charge in [-0.05, 0) is 36.6 Å². The minimum absolute atomic E-state index is 0.0243. The summed E-state index contributed by atoms with van der Waals surface area (Å²) in [5.74, 6) is 0.315. The molecule has 0 saturated carbocycles. The third-order valence-corrected chi connectivity index (χ3v) is 6.79. The molecule has 6 nitrogen and oxygen atoms in total. The molecule has 7 heteroatoms. The molecular formula is C28H27FN4O2. The Morgan fingerprint density at radius 1 is 1.17 bits per heavy atom. The Balaban J connectivity index is 1.43. The topological polar surface area (TPSA) is 69.5 Å². The van der Waals surface area contributed by atoms with Crippen LogP contribution in [0.2, 0.25) is 0 Å². The first kappa shape index (κ1) is 23.0. The predicted molar refractivity (Wildman–Crippen MR) is 131 cm³/mol. The van der Waals surface area contributed by atoms with Gasteiger partial charge in [-0.15, -0.1) is 0 Å². The van der Waals surface area contributed by atoms with Crippen molar-refractivity contribution in [2.75, 3.05) is 31.1 Å². The van der Waals surface area contributed by atoms with E-state index in [1.165, 1.54) is 12.1 Å². The van der Waals surface area contributed by atoms with E-state index in [0.29, 0.717) is 56.2 Å².